The Labute approximate surface area is 104 Å². The van der Waals surface area contributed by atoms with Gasteiger partial charge < -0.3 is 10.2 Å². The molecule has 0 saturated carbocycles. The van der Waals surface area contributed by atoms with Crippen LogP contribution in [0.25, 0.3) is 0 Å². The third-order valence-corrected chi connectivity index (χ3v) is 2.84. The Morgan fingerprint density at radius 3 is 3.11 bits per heavy atom. The van der Waals surface area contributed by atoms with Gasteiger partial charge in [-0.25, -0.2) is 4.98 Å². The van der Waals surface area contributed by atoms with E-state index in [1.54, 1.807) is 0 Å². The van der Waals surface area contributed by atoms with Crippen LogP contribution in [-0.2, 0) is 0 Å². The highest BCUT2D eigenvalue weighted by atomic mass is 16.6. The third-order valence-electron chi connectivity index (χ3n) is 2.84. The van der Waals surface area contributed by atoms with Crippen molar-refractivity contribution in [2.75, 3.05) is 24.5 Å². The van der Waals surface area contributed by atoms with Gasteiger partial charge in [-0.05, 0) is 6.92 Å². The average Bonchev–Trinajstić information content (AvgIpc) is 2.38. The van der Waals surface area contributed by atoms with Crippen molar-refractivity contribution < 1.29 is 4.92 Å². The molecule has 1 aromatic heterocycles. The van der Waals surface area contributed by atoms with Crippen LogP contribution in [0.2, 0.25) is 0 Å². The summed E-state index contributed by atoms with van der Waals surface area (Å²) in [5.41, 5.74) is 0.0942. The van der Waals surface area contributed by atoms with Crippen LogP contribution in [0.4, 0.5) is 11.5 Å². The molecule has 1 N–H and O–H groups in total. The molecule has 2 heterocycles. The van der Waals surface area contributed by atoms with Crippen LogP contribution in [-0.4, -0.2) is 35.6 Å². The van der Waals surface area contributed by atoms with E-state index in [0.717, 1.165) is 6.54 Å². The molecule has 0 spiro atoms. The number of piperazine rings is 1. The number of nitriles is 1. The van der Waals surface area contributed by atoms with Crippen LogP contribution in [0.5, 0.6) is 0 Å². The predicted molar refractivity (Wildman–Crippen MR) is 65.3 cm³/mol. The molecule has 0 aliphatic carbocycles. The molecule has 1 saturated heterocycles. The van der Waals surface area contributed by atoms with Gasteiger partial charge in [0.05, 0.1) is 10.5 Å². The molecule has 1 atom stereocenters. The SMILES string of the molecule is C[C@@H]1CN(c2ncc(C#N)cc2[N+](=O)[O-])CCN1. The van der Waals surface area contributed by atoms with Gasteiger partial charge in [-0.1, -0.05) is 0 Å². The van der Waals surface area contributed by atoms with Crippen molar-refractivity contribution in [1.82, 2.24) is 10.3 Å². The van der Waals surface area contributed by atoms with Crippen molar-refractivity contribution in [2.24, 2.45) is 0 Å². The van der Waals surface area contributed by atoms with Gasteiger partial charge in [-0.3, -0.25) is 10.1 Å². The fourth-order valence-corrected chi connectivity index (χ4v) is 2.01. The van der Waals surface area contributed by atoms with E-state index < -0.39 is 4.92 Å². The van der Waals surface area contributed by atoms with Crippen molar-refractivity contribution in [1.29, 1.82) is 5.26 Å². The predicted octanol–water partition coefficient (Wildman–Crippen LogP) is 0.660. The molecule has 1 fully saturated rings. The van der Waals surface area contributed by atoms with Crippen molar-refractivity contribution in [3.63, 3.8) is 0 Å². The number of nitrogens with one attached hydrogen (secondary N) is 1. The Balaban J connectivity index is 2.37. The molecule has 1 aromatic rings. The maximum atomic E-state index is 11.0. The van der Waals surface area contributed by atoms with Gasteiger partial charge in [-0.2, -0.15) is 5.26 Å². The van der Waals surface area contributed by atoms with E-state index in [-0.39, 0.29) is 17.3 Å². The van der Waals surface area contributed by atoms with Crippen LogP contribution in [0.3, 0.4) is 0 Å². The van der Waals surface area contributed by atoms with E-state index in [4.69, 9.17) is 5.26 Å². The molecule has 0 amide bonds. The number of hydrogen-bond donors (Lipinski definition) is 1. The van der Waals surface area contributed by atoms with E-state index in [9.17, 15) is 10.1 Å². The Hall–Kier alpha value is -2.20. The van der Waals surface area contributed by atoms with Crippen molar-refractivity contribution in [3.8, 4) is 6.07 Å². The average molecular weight is 247 g/mol. The minimum absolute atomic E-state index is 0.108. The molecule has 0 radical (unpaired) electrons. The molecular formula is C11H13N5O2. The largest absolute Gasteiger partial charge is 0.348 e. The summed E-state index contributed by atoms with van der Waals surface area (Å²) in [5.74, 6) is 0.340. The second kappa shape index (κ2) is 4.98. The van der Waals surface area contributed by atoms with E-state index >= 15 is 0 Å². The fourth-order valence-electron chi connectivity index (χ4n) is 2.01. The van der Waals surface area contributed by atoms with Gasteiger partial charge in [0.1, 0.15) is 6.07 Å². The van der Waals surface area contributed by atoms with Gasteiger partial charge in [-0.15, -0.1) is 0 Å². The number of aromatic nitrogens is 1. The van der Waals surface area contributed by atoms with Crippen LogP contribution < -0.4 is 10.2 Å². The van der Waals surface area contributed by atoms with Gasteiger partial charge in [0.15, 0.2) is 0 Å². The summed E-state index contributed by atoms with van der Waals surface area (Å²) < 4.78 is 0. The number of nitrogens with zero attached hydrogens (tertiary/aromatic N) is 4. The van der Waals surface area contributed by atoms with E-state index in [1.165, 1.54) is 12.3 Å². The number of anilines is 1. The number of nitro groups is 1. The molecule has 0 aromatic carbocycles. The van der Waals surface area contributed by atoms with Crippen LogP contribution in [0.1, 0.15) is 12.5 Å². The lowest BCUT2D eigenvalue weighted by atomic mass is 10.2. The van der Waals surface area contributed by atoms with E-state index in [2.05, 4.69) is 10.3 Å². The molecule has 7 heteroatoms. The Kier molecular flexibility index (Phi) is 3.39. The topological polar surface area (TPSA) is 95.1 Å². The molecule has 0 unspecified atom stereocenters. The quantitative estimate of drug-likeness (QED) is 0.609. The minimum atomic E-state index is -0.490. The molecular weight excluding hydrogens is 234 g/mol. The van der Waals surface area contributed by atoms with E-state index in [0.29, 0.717) is 18.9 Å². The molecule has 7 nitrogen and oxygen atoms in total. The second-order valence-corrected chi connectivity index (χ2v) is 4.24. The Morgan fingerprint density at radius 2 is 2.50 bits per heavy atom. The van der Waals surface area contributed by atoms with Gasteiger partial charge in [0.25, 0.3) is 0 Å². The van der Waals surface area contributed by atoms with Gasteiger partial charge >= 0.3 is 5.69 Å². The smallest absolute Gasteiger partial charge is 0.312 e. The Morgan fingerprint density at radius 1 is 1.72 bits per heavy atom. The zero-order chi connectivity index (χ0) is 13.1. The second-order valence-electron chi connectivity index (χ2n) is 4.24. The van der Waals surface area contributed by atoms with Gasteiger partial charge in [0.2, 0.25) is 5.82 Å². The standard InChI is InChI=1S/C11H13N5O2/c1-8-7-15(3-2-13-8)11-10(16(17)18)4-9(5-12)6-14-11/h4,6,8,13H,2-3,7H2,1H3/t8-/m1/s1. The van der Waals surface area contributed by atoms with Crippen molar-refractivity contribution in [3.05, 3.63) is 27.9 Å². The number of hydrogen-bond acceptors (Lipinski definition) is 6. The highest BCUT2D eigenvalue weighted by Crippen LogP contribution is 2.27. The van der Waals surface area contributed by atoms with Crippen LogP contribution in [0, 0.1) is 21.4 Å². The highest BCUT2D eigenvalue weighted by Gasteiger charge is 2.25. The summed E-state index contributed by atoms with van der Waals surface area (Å²) in [5, 5.41) is 23.0. The number of rotatable bonds is 2. The summed E-state index contributed by atoms with van der Waals surface area (Å²) >= 11 is 0. The highest BCUT2D eigenvalue weighted by molar-refractivity contribution is 5.60. The lowest BCUT2D eigenvalue weighted by Gasteiger charge is -2.32. The minimum Gasteiger partial charge on any atom is -0.348 e. The maximum absolute atomic E-state index is 11.0. The lowest BCUT2D eigenvalue weighted by Crippen LogP contribution is -2.49. The summed E-state index contributed by atoms with van der Waals surface area (Å²) in [6.45, 7) is 4.12. The first kappa shape index (κ1) is 12.3. The number of pyridine rings is 1. The monoisotopic (exact) mass is 247 g/mol. The van der Waals surface area contributed by atoms with Crippen molar-refractivity contribution in [2.45, 2.75) is 13.0 Å². The fraction of sp³-hybridized carbons (Fsp3) is 0.455. The normalized spacial score (nSPS) is 19.3. The first-order valence-corrected chi connectivity index (χ1v) is 5.64. The van der Waals surface area contributed by atoms with Crippen LogP contribution >= 0.6 is 0 Å². The summed E-state index contributed by atoms with van der Waals surface area (Å²) in [6, 6.07) is 3.40. The Bertz CT molecular complexity index is 511. The van der Waals surface area contributed by atoms with Gasteiger partial charge in [0, 0.05) is 37.9 Å². The third kappa shape index (κ3) is 2.38. The van der Waals surface area contributed by atoms with E-state index in [1.807, 2.05) is 17.9 Å². The zero-order valence-corrected chi connectivity index (χ0v) is 9.96. The molecule has 1 aliphatic heterocycles. The lowest BCUT2D eigenvalue weighted by molar-refractivity contribution is -0.384. The first-order valence-electron chi connectivity index (χ1n) is 5.64. The van der Waals surface area contributed by atoms with Crippen LogP contribution in [0.15, 0.2) is 12.3 Å². The molecule has 94 valence electrons. The zero-order valence-electron chi connectivity index (χ0n) is 9.96. The molecule has 1 aliphatic rings. The first-order chi connectivity index (χ1) is 8.61. The summed E-state index contributed by atoms with van der Waals surface area (Å²) in [7, 11) is 0. The molecule has 2 rings (SSSR count). The summed E-state index contributed by atoms with van der Waals surface area (Å²) in [4.78, 5) is 16.5. The maximum Gasteiger partial charge on any atom is 0.312 e. The molecule has 0 bridgehead atoms. The summed E-state index contributed by atoms with van der Waals surface area (Å²) in [6.07, 6.45) is 1.37. The molecule has 18 heavy (non-hydrogen) atoms. The van der Waals surface area contributed by atoms with Crippen molar-refractivity contribution >= 4 is 11.5 Å².